The molecule has 0 aliphatic carbocycles. The molecule has 1 N–H and O–H groups in total. The maximum Gasteiger partial charge on any atom is 0.240 e. The number of rotatable bonds is 8. The first-order valence-corrected chi connectivity index (χ1v) is 12.5. The lowest BCUT2D eigenvalue weighted by atomic mass is 9.87. The van der Waals surface area contributed by atoms with Crippen molar-refractivity contribution in [1.82, 2.24) is 10.2 Å². The lowest BCUT2D eigenvalue weighted by Crippen LogP contribution is -2.41. The molecular weight excluding hydrogens is 386 g/mol. The van der Waals surface area contributed by atoms with Gasteiger partial charge in [0, 0.05) is 6.54 Å². The summed E-state index contributed by atoms with van der Waals surface area (Å²) in [6.45, 7) is 9.94. The van der Waals surface area contributed by atoms with Crippen LogP contribution >= 0.6 is 0 Å². The summed E-state index contributed by atoms with van der Waals surface area (Å²) < 4.78 is 25.7. The molecule has 1 saturated heterocycles. The van der Waals surface area contributed by atoms with Crippen LogP contribution in [-0.2, 0) is 20.2 Å². The van der Waals surface area contributed by atoms with Crippen molar-refractivity contribution >= 4 is 21.6 Å². The number of nitrogens with one attached hydrogen (secondary N) is 1. The Kier molecular flexibility index (Phi) is 8.52. The third-order valence-electron chi connectivity index (χ3n) is 5.38. The molecular formula is C22H37N3O3S. The Morgan fingerprint density at radius 3 is 2.17 bits per heavy atom. The molecule has 164 valence electrons. The van der Waals surface area contributed by atoms with Gasteiger partial charge in [-0.15, -0.1) is 0 Å². The van der Waals surface area contributed by atoms with Crippen LogP contribution in [0.4, 0.5) is 5.69 Å². The van der Waals surface area contributed by atoms with Gasteiger partial charge in [0.2, 0.25) is 15.9 Å². The Balaban J connectivity index is 1.88. The van der Waals surface area contributed by atoms with Crippen molar-refractivity contribution in [3.63, 3.8) is 0 Å². The number of carbonyl (C=O) groups excluding carboxylic acids is 1. The molecule has 0 atom stereocenters. The van der Waals surface area contributed by atoms with E-state index in [-0.39, 0.29) is 17.9 Å². The SMILES string of the molecule is CC(C)(C)c1ccc(N(CC(=O)NCCCN2CCCCCC2)S(C)(=O)=O)cc1. The molecule has 0 unspecified atom stereocenters. The van der Waals surface area contributed by atoms with E-state index in [9.17, 15) is 13.2 Å². The number of hydrogen-bond acceptors (Lipinski definition) is 4. The van der Waals surface area contributed by atoms with E-state index in [4.69, 9.17) is 0 Å². The monoisotopic (exact) mass is 423 g/mol. The topological polar surface area (TPSA) is 69.7 Å². The van der Waals surface area contributed by atoms with E-state index in [2.05, 4.69) is 31.0 Å². The highest BCUT2D eigenvalue weighted by molar-refractivity contribution is 7.92. The average Bonchev–Trinajstić information content (AvgIpc) is 2.90. The van der Waals surface area contributed by atoms with Gasteiger partial charge in [0.15, 0.2) is 0 Å². The highest BCUT2D eigenvalue weighted by atomic mass is 32.2. The molecule has 1 aliphatic rings. The lowest BCUT2D eigenvalue weighted by Gasteiger charge is -2.24. The molecule has 1 aromatic carbocycles. The van der Waals surface area contributed by atoms with Gasteiger partial charge in [0.1, 0.15) is 6.54 Å². The van der Waals surface area contributed by atoms with E-state index in [1.165, 1.54) is 30.0 Å². The van der Waals surface area contributed by atoms with Crippen molar-refractivity contribution in [2.75, 3.05) is 43.3 Å². The van der Waals surface area contributed by atoms with Crippen LogP contribution < -0.4 is 9.62 Å². The Morgan fingerprint density at radius 1 is 1.07 bits per heavy atom. The molecule has 1 aliphatic heterocycles. The molecule has 1 heterocycles. The standard InChI is InChI=1S/C22H37N3O3S/c1-22(2,3)19-10-12-20(13-11-19)25(29(4,27)28)18-21(26)23-14-9-17-24-15-7-5-6-8-16-24/h10-13H,5-9,14-18H2,1-4H3,(H,23,26). The van der Waals surface area contributed by atoms with E-state index in [0.29, 0.717) is 12.2 Å². The Labute approximate surface area is 176 Å². The minimum absolute atomic E-state index is 0.0147. The van der Waals surface area contributed by atoms with Crippen LogP contribution in [0.5, 0.6) is 0 Å². The van der Waals surface area contributed by atoms with Gasteiger partial charge in [-0.25, -0.2) is 8.42 Å². The molecule has 1 amide bonds. The summed E-state index contributed by atoms with van der Waals surface area (Å²) in [5.74, 6) is -0.272. The molecule has 0 saturated carbocycles. The maximum atomic E-state index is 12.4. The molecule has 1 fully saturated rings. The van der Waals surface area contributed by atoms with Crippen molar-refractivity contribution < 1.29 is 13.2 Å². The zero-order valence-corrected chi connectivity index (χ0v) is 19.2. The number of carbonyl (C=O) groups is 1. The average molecular weight is 424 g/mol. The molecule has 7 heteroatoms. The van der Waals surface area contributed by atoms with Gasteiger partial charge in [-0.05, 0) is 62.0 Å². The Hall–Kier alpha value is -1.60. The van der Waals surface area contributed by atoms with Gasteiger partial charge in [-0.3, -0.25) is 9.10 Å². The first-order valence-electron chi connectivity index (χ1n) is 10.6. The minimum atomic E-state index is -3.55. The molecule has 2 rings (SSSR count). The predicted octanol–water partition coefficient (Wildman–Crippen LogP) is 3.13. The second-order valence-electron chi connectivity index (χ2n) is 9.03. The van der Waals surface area contributed by atoms with Crippen LogP contribution in [0.2, 0.25) is 0 Å². The summed E-state index contributed by atoms with van der Waals surface area (Å²) in [7, 11) is -3.55. The van der Waals surface area contributed by atoms with Crippen LogP contribution in [0.25, 0.3) is 0 Å². The van der Waals surface area contributed by atoms with Crippen LogP contribution in [0.3, 0.4) is 0 Å². The van der Waals surface area contributed by atoms with Crippen LogP contribution in [0, 0.1) is 0 Å². The fraction of sp³-hybridized carbons (Fsp3) is 0.682. The molecule has 6 nitrogen and oxygen atoms in total. The maximum absolute atomic E-state index is 12.4. The number of nitrogens with zero attached hydrogens (tertiary/aromatic N) is 2. The number of benzene rings is 1. The van der Waals surface area contributed by atoms with Crippen molar-refractivity contribution in [2.24, 2.45) is 0 Å². The quantitative estimate of drug-likeness (QED) is 0.652. The smallest absolute Gasteiger partial charge is 0.240 e. The molecule has 0 radical (unpaired) electrons. The van der Waals surface area contributed by atoms with E-state index < -0.39 is 10.0 Å². The lowest BCUT2D eigenvalue weighted by molar-refractivity contribution is -0.119. The molecule has 1 aromatic rings. The van der Waals surface area contributed by atoms with Gasteiger partial charge in [0.05, 0.1) is 11.9 Å². The molecule has 0 bridgehead atoms. The number of amides is 1. The minimum Gasteiger partial charge on any atom is -0.354 e. The van der Waals surface area contributed by atoms with Gasteiger partial charge in [0.25, 0.3) is 0 Å². The van der Waals surface area contributed by atoms with Crippen LogP contribution in [0.15, 0.2) is 24.3 Å². The number of anilines is 1. The highest BCUT2D eigenvalue weighted by Crippen LogP contribution is 2.25. The largest absolute Gasteiger partial charge is 0.354 e. The first kappa shape index (κ1) is 23.7. The predicted molar refractivity (Wildman–Crippen MR) is 120 cm³/mol. The van der Waals surface area contributed by atoms with Gasteiger partial charge >= 0.3 is 0 Å². The summed E-state index contributed by atoms with van der Waals surface area (Å²) in [5.41, 5.74) is 1.62. The zero-order valence-electron chi connectivity index (χ0n) is 18.4. The second-order valence-corrected chi connectivity index (χ2v) is 10.9. The van der Waals surface area contributed by atoms with E-state index in [0.717, 1.165) is 37.9 Å². The summed E-state index contributed by atoms with van der Waals surface area (Å²) >= 11 is 0. The van der Waals surface area contributed by atoms with Crippen molar-refractivity contribution in [3.8, 4) is 0 Å². The van der Waals surface area contributed by atoms with Crippen LogP contribution in [-0.4, -0.2) is 58.2 Å². The third-order valence-corrected chi connectivity index (χ3v) is 6.52. The van der Waals surface area contributed by atoms with Crippen molar-refractivity contribution in [2.45, 2.75) is 58.3 Å². The zero-order chi connectivity index (χ0) is 21.5. The van der Waals surface area contributed by atoms with Crippen molar-refractivity contribution in [3.05, 3.63) is 29.8 Å². The van der Waals surface area contributed by atoms with E-state index >= 15 is 0 Å². The fourth-order valence-electron chi connectivity index (χ4n) is 3.60. The Bertz CT molecular complexity index is 747. The summed E-state index contributed by atoms with van der Waals surface area (Å²) in [6.07, 6.45) is 7.14. The van der Waals surface area contributed by atoms with Gasteiger partial charge < -0.3 is 10.2 Å². The summed E-state index contributed by atoms with van der Waals surface area (Å²) in [5, 5.41) is 2.87. The van der Waals surface area contributed by atoms with E-state index in [1.807, 2.05) is 12.1 Å². The Morgan fingerprint density at radius 2 is 1.66 bits per heavy atom. The normalized spacial score (nSPS) is 16.3. The van der Waals surface area contributed by atoms with Crippen molar-refractivity contribution in [1.29, 1.82) is 0 Å². The van der Waals surface area contributed by atoms with E-state index in [1.54, 1.807) is 12.1 Å². The summed E-state index contributed by atoms with van der Waals surface area (Å²) in [4.78, 5) is 14.8. The number of sulfonamides is 1. The fourth-order valence-corrected chi connectivity index (χ4v) is 4.46. The van der Waals surface area contributed by atoms with Crippen LogP contribution in [0.1, 0.15) is 58.4 Å². The molecule has 0 spiro atoms. The third kappa shape index (κ3) is 7.97. The second kappa shape index (κ2) is 10.4. The molecule has 29 heavy (non-hydrogen) atoms. The highest BCUT2D eigenvalue weighted by Gasteiger charge is 2.22. The number of hydrogen-bond donors (Lipinski definition) is 1. The molecule has 0 aromatic heterocycles. The summed E-state index contributed by atoms with van der Waals surface area (Å²) in [6, 6.07) is 7.39. The van der Waals surface area contributed by atoms with Gasteiger partial charge in [-0.2, -0.15) is 0 Å². The van der Waals surface area contributed by atoms with Gasteiger partial charge in [-0.1, -0.05) is 45.7 Å². The first-order chi connectivity index (χ1) is 13.6. The number of likely N-dealkylation sites (tertiary alicyclic amines) is 1.